The second-order valence-electron chi connectivity index (χ2n) is 4.65. The van der Waals surface area contributed by atoms with Crippen LogP contribution in [-0.4, -0.2) is 29.1 Å². The van der Waals surface area contributed by atoms with Crippen LogP contribution in [-0.2, 0) is 0 Å². The second kappa shape index (κ2) is 5.80. The van der Waals surface area contributed by atoms with E-state index in [4.69, 9.17) is 9.15 Å². The minimum Gasteiger partial charge on any atom is -0.497 e. The van der Waals surface area contributed by atoms with Gasteiger partial charge in [0.15, 0.2) is 0 Å². The van der Waals surface area contributed by atoms with Crippen LogP contribution in [0.5, 0.6) is 5.75 Å². The van der Waals surface area contributed by atoms with Crippen LogP contribution in [0.4, 0.5) is 5.69 Å². The molecule has 2 N–H and O–H groups in total. The van der Waals surface area contributed by atoms with Crippen molar-refractivity contribution < 1.29 is 23.8 Å². The van der Waals surface area contributed by atoms with E-state index in [0.717, 1.165) is 0 Å². The van der Waals surface area contributed by atoms with Gasteiger partial charge in [0.1, 0.15) is 11.4 Å². The standard InChI is InChI=1S/C16H12N2O5/c1-22-10-5-2-4-9(8-10)14(19)18-12-11-6-3-7-17-15(11)23-13(12)16(20)21/h2-8H,1H3,(H,18,19)(H,20,21). The van der Waals surface area contributed by atoms with Crippen molar-refractivity contribution in [3.63, 3.8) is 0 Å². The third kappa shape index (κ3) is 2.71. The molecule has 1 aromatic carbocycles. The van der Waals surface area contributed by atoms with Crippen molar-refractivity contribution in [1.29, 1.82) is 0 Å². The summed E-state index contributed by atoms with van der Waals surface area (Å²) in [5, 5.41) is 12.2. The molecule has 7 nitrogen and oxygen atoms in total. The Balaban J connectivity index is 2.01. The van der Waals surface area contributed by atoms with E-state index in [2.05, 4.69) is 10.3 Å². The topological polar surface area (TPSA) is 102 Å². The van der Waals surface area contributed by atoms with Crippen molar-refractivity contribution in [1.82, 2.24) is 4.98 Å². The molecule has 0 bridgehead atoms. The van der Waals surface area contributed by atoms with Crippen LogP contribution in [0.3, 0.4) is 0 Å². The Hall–Kier alpha value is -3.35. The quantitative estimate of drug-likeness (QED) is 0.768. The number of carbonyl (C=O) groups is 2. The zero-order valence-corrected chi connectivity index (χ0v) is 12.1. The highest BCUT2D eigenvalue weighted by atomic mass is 16.5. The van der Waals surface area contributed by atoms with Gasteiger partial charge in [-0.1, -0.05) is 6.07 Å². The third-order valence-electron chi connectivity index (χ3n) is 3.23. The highest BCUT2D eigenvalue weighted by Gasteiger charge is 2.22. The van der Waals surface area contributed by atoms with Gasteiger partial charge in [-0.05, 0) is 30.3 Å². The van der Waals surface area contributed by atoms with Crippen LogP contribution in [0.25, 0.3) is 11.1 Å². The average Bonchev–Trinajstić information content (AvgIpc) is 2.94. The summed E-state index contributed by atoms with van der Waals surface area (Å²) in [6, 6.07) is 9.77. The number of amides is 1. The van der Waals surface area contributed by atoms with E-state index in [0.29, 0.717) is 16.7 Å². The van der Waals surface area contributed by atoms with Crippen LogP contribution in [0.15, 0.2) is 47.0 Å². The van der Waals surface area contributed by atoms with E-state index in [9.17, 15) is 14.7 Å². The number of hydrogen-bond acceptors (Lipinski definition) is 5. The van der Waals surface area contributed by atoms with Crippen LogP contribution in [0.2, 0.25) is 0 Å². The number of methoxy groups -OCH3 is 1. The molecular formula is C16H12N2O5. The SMILES string of the molecule is COc1cccc(C(=O)Nc2c(C(=O)O)oc3ncccc23)c1. The minimum absolute atomic E-state index is 0.0772. The summed E-state index contributed by atoms with van der Waals surface area (Å²) in [5.74, 6) is -1.60. The number of carbonyl (C=O) groups excluding carboxylic acids is 1. The highest BCUT2D eigenvalue weighted by molar-refractivity contribution is 6.12. The summed E-state index contributed by atoms with van der Waals surface area (Å²) in [5.41, 5.74) is 0.554. The number of nitrogens with zero attached hydrogens (tertiary/aromatic N) is 1. The zero-order valence-electron chi connectivity index (χ0n) is 12.1. The molecule has 3 aromatic rings. The fourth-order valence-corrected chi connectivity index (χ4v) is 2.16. The molecule has 0 aliphatic heterocycles. The monoisotopic (exact) mass is 312 g/mol. The summed E-state index contributed by atoms with van der Waals surface area (Å²) in [6.45, 7) is 0. The number of benzene rings is 1. The molecule has 0 saturated carbocycles. The molecular weight excluding hydrogens is 300 g/mol. The number of anilines is 1. The molecule has 0 aliphatic rings. The summed E-state index contributed by atoms with van der Waals surface area (Å²) < 4.78 is 10.3. The molecule has 0 fully saturated rings. The van der Waals surface area contributed by atoms with E-state index < -0.39 is 11.9 Å². The van der Waals surface area contributed by atoms with Crippen LogP contribution in [0.1, 0.15) is 20.9 Å². The molecule has 0 saturated heterocycles. The summed E-state index contributed by atoms with van der Waals surface area (Å²) in [4.78, 5) is 27.6. The van der Waals surface area contributed by atoms with E-state index in [1.54, 1.807) is 36.4 Å². The Labute approximate surface area is 130 Å². The zero-order chi connectivity index (χ0) is 16.4. The van der Waals surface area contributed by atoms with Gasteiger partial charge in [0, 0.05) is 11.8 Å². The first-order chi connectivity index (χ1) is 11.1. The first-order valence-corrected chi connectivity index (χ1v) is 6.66. The van der Waals surface area contributed by atoms with E-state index in [1.165, 1.54) is 13.3 Å². The molecule has 2 heterocycles. The van der Waals surface area contributed by atoms with Crippen LogP contribution >= 0.6 is 0 Å². The summed E-state index contributed by atoms with van der Waals surface area (Å²) in [7, 11) is 1.49. The Bertz CT molecular complexity index is 900. The van der Waals surface area contributed by atoms with E-state index >= 15 is 0 Å². The number of nitrogens with one attached hydrogen (secondary N) is 1. The smallest absolute Gasteiger partial charge is 0.374 e. The van der Waals surface area contributed by atoms with Gasteiger partial charge < -0.3 is 19.6 Å². The van der Waals surface area contributed by atoms with Gasteiger partial charge in [-0.2, -0.15) is 0 Å². The lowest BCUT2D eigenvalue weighted by Gasteiger charge is -2.06. The highest BCUT2D eigenvalue weighted by Crippen LogP contribution is 2.30. The van der Waals surface area contributed by atoms with Gasteiger partial charge in [0.2, 0.25) is 11.5 Å². The summed E-state index contributed by atoms with van der Waals surface area (Å²) >= 11 is 0. The molecule has 3 rings (SSSR count). The number of hydrogen-bond donors (Lipinski definition) is 2. The van der Waals surface area contributed by atoms with Crippen molar-refractivity contribution in [3.05, 3.63) is 53.9 Å². The Morgan fingerprint density at radius 2 is 2.09 bits per heavy atom. The van der Waals surface area contributed by atoms with Gasteiger partial charge in [-0.15, -0.1) is 0 Å². The maximum absolute atomic E-state index is 12.4. The van der Waals surface area contributed by atoms with Crippen molar-refractivity contribution >= 4 is 28.7 Å². The molecule has 0 spiro atoms. The predicted molar refractivity (Wildman–Crippen MR) is 81.9 cm³/mol. The number of fused-ring (bicyclic) bond motifs is 1. The molecule has 1 amide bonds. The lowest BCUT2D eigenvalue weighted by molar-refractivity contribution is 0.0666. The van der Waals surface area contributed by atoms with Crippen molar-refractivity contribution in [3.8, 4) is 5.75 Å². The van der Waals surface area contributed by atoms with Gasteiger partial charge in [-0.3, -0.25) is 4.79 Å². The minimum atomic E-state index is -1.29. The number of aromatic nitrogens is 1. The molecule has 0 atom stereocenters. The normalized spacial score (nSPS) is 10.5. The lowest BCUT2D eigenvalue weighted by atomic mass is 10.2. The second-order valence-corrected chi connectivity index (χ2v) is 4.65. The fourth-order valence-electron chi connectivity index (χ4n) is 2.16. The number of rotatable bonds is 4. The van der Waals surface area contributed by atoms with Crippen molar-refractivity contribution in [2.75, 3.05) is 12.4 Å². The Kier molecular flexibility index (Phi) is 3.68. The number of pyridine rings is 1. The Morgan fingerprint density at radius 3 is 2.83 bits per heavy atom. The predicted octanol–water partition coefficient (Wildman–Crippen LogP) is 2.79. The van der Waals surface area contributed by atoms with Crippen molar-refractivity contribution in [2.24, 2.45) is 0 Å². The molecule has 2 aromatic heterocycles. The van der Waals surface area contributed by atoms with Crippen LogP contribution < -0.4 is 10.1 Å². The molecule has 0 radical (unpaired) electrons. The van der Waals surface area contributed by atoms with E-state index in [1.807, 2.05) is 0 Å². The first-order valence-electron chi connectivity index (χ1n) is 6.66. The molecule has 116 valence electrons. The van der Waals surface area contributed by atoms with Crippen LogP contribution in [0, 0.1) is 0 Å². The summed E-state index contributed by atoms with van der Waals surface area (Å²) in [6.07, 6.45) is 1.48. The molecule has 7 heteroatoms. The molecule has 23 heavy (non-hydrogen) atoms. The first kappa shape index (κ1) is 14.6. The maximum Gasteiger partial charge on any atom is 0.374 e. The average molecular weight is 312 g/mol. The van der Waals surface area contributed by atoms with Gasteiger partial charge in [0.25, 0.3) is 5.91 Å². The Morgan fingerprint density at radius 1 is 1.26 bits per heavy atom. The molecule has 0 aliphatic carbocycles. The van der Waals surface area contributed by atoms with Gasteiger partial charge >= 0.3 is 5.97 Å². The largest absolute Gasteiger partial charge is 0.497 e. The number of ether oxygens (including phenoxy) is 1. The lowest BCUT2D eigenvalue weighted by Crippen LogP contribution is -2.14. The number of aromatic carboxylic acids is 1. The number of carboxylic acid groups (broad SMARTS) is 1. The third-order valence-corrected chi connectivity index (χ3v) is 3.23. The van der Waals surface area contributed by atoms with Gasteiger partial charge in [-0.25, -0.2) is 9.78 Å². The fraction of sp³-hybridized carbons (Fsp3) is 0.0625. The van der Waals surface area contributed by atoms with Gasteiger partial charge in [0.05, 0.1) is 12.5 Å². The number of carboxylic acids is 1. The van der Waals surface area contributed by atoms with Crippen molar-refractivity contribution in [2.45, 2.75) is 0 Å². The number of furan rings is 1. The maximum atomic E-state index is 12.4. The molecule has 0 unspecified atom stereocenters. The van der Waals surface area contributed by atoms with E-state index in [-0.39, 0.29) is 17.2 Å².